The summed E-state index contributed by atoms with van der Waals surface area (Å²) in [6.45, 7) is 2.19. The molecule has 9 heteroatoms. The first-order chi connectivity index (χ1) is 14.7. The fourth-order valence-corrected chi connectivity index (χ4v) is 4.29. The number of nitrogens with one attached hydrogen (secondary N) is 1. The Hall–Kier alpha value is -2.68. The molecule has 0 saturated carbocycles. The number of alkyl halides is 3. The van der Waals surface area contributed by atoms with E-state index in [2.05, 4.69) is 12.2 Å². The largest absolute Gasteiger partial charge is 0.480 e. The molecule has 2 fully saturated rings. The molecular formula is C22H25F3N2O4. The molecule has 2 aliphatic heterocycles. The Balaban J connectivity index is 1.84. The highest BCUT2D eigenvalue weighted by atomic mass is 19.4. The number of hydrogen-bond donors (Lipinski definition) is 2. The lowest BCUT2D eigenvalue weighted by Gasteiger charge is -2.21. The van der Waals surface area contributed by atoms with Crippen LogP contribution in [0.25, 0.3) is 0 Å². The van der Waals surface area contributed by atoms with Crippen LogP contribution >= 0.6 is 0 Å². The molecule has 1 aromatic carbocycles. The molecular weight excluding hydrogens is 413 g/mol. The van der Waals surface area contributed by atoms with Crippen molar-refractivity contribution in [3.05, 3.63) is 47.5 Å². The van der Waals surface area contributed by atoms with E-state index in [-0.39, 0.29) is 12.1 Å². The van der Waals surface area contributed by atoms with E-state index < -0.39 is 53.4 Å². The first-order valence-electron chi connectivity index (χ1n) is 10.3. The van der Waals surface area contributed by atoms with Crippen LogP contribution < -0.4 is 5.32 Å². The van der Waals surface area contributed by atoms with Gasteiger partial charge in [0.05, 0.1) is 17.4 Å². The van der Waals surface area contributed by atoms with Crippen LogP contribution in [0.4, 0.5) is 13.2 Å². The Morgan fingerprint density at radius 1 is 1.16 bits per heavy atom. The van der Waals surface area contributed by atoms with Gasteiger partial charge >= 0.3 is 12.1 Å². The van der Waals surface area contributed by atoms with E-state index in [4.69, 9.17) is 0 Å². The quantitative estimate of drug-likeness (QED) is 0.368. The van der Waals surface area contributed by atoms with Crippen molar-refractivity contribution < 1.29 is 32.7 Å². The summed E-state index contributed by atoms with van der Waals surface area (Å²) in [4.78, 5) is 38.7. The first-order valence-corrected chi connectivity index (χ1v) is 10.3. The van der Waals surface area contributed by atoms with E-state index in [0.717, 1.165) is 36.3 Å². The van der Waals surface area contributed by atoms with Crippen molar-refractivity contribution in [1.82, 2.24) is 10.2 Å². The number of allylic oxidation sites excluding steroid dienone is 1. The highest BCUT2D eigenvalue weighted by molar-refractivity contribution is 6.08. The molecule has 4 unspecified atom stereocenters. The number of likely N-dealkylation sites (tertiary alicyclic amines) is 1. The third-order valence-electron chi connectivity index (χ3n) is 5.82. The minimum Gasteiger partial charge on any atom is -0.480 e. The van der Waals surface area contributed by atoms with E-state index in [0.29, 0.717) is 6.42 Å². The summed E-state index contributed by atoms with van der Waals surface area (Å²) in [5.41, 5.74) is -0.760. The lowest BCUT2D eigenvalue weighted by Crippen LogP contribution is -2.43. The summed E-state index contributed by atoms with van der Waals surface area (Å²) in [6.07, 6.45) is 2.70. The van der Waals surface area contributed by atoms with Gasteiger partial charge in [0, 0.05) is 12.6 Å². The molecule has 168 valence electrons. The van der Waals surface area contributed by atoms with Crippen molar-refractivity contribution in [2.75, 3.05) is 6.54 Å². The van der Waals surface area contributed by atoms with Gasteiger partial charge in [0.2, 0.25) is 11.8 Å². The third-order valence-corrected chi connectivity index (χ3v) is 5.82. The first kappa shape index (κ1) is 23.0. The number of nitrogens with zero attached hydrogens (tertiary/aromatic N) is 1. The molecule has 31 heavy (non-hydrogen) atoms. The highest BCUT2D eigenvalue weighted by Crippen LogP contribution is 2.44. The van der Waals surface area contributed by atoms with Crippen molar-refractivity contribution in [2.24, 2.45) is 11.8 Å². The Morgan fingerprint density at radius 2 is 1.84 bits per heavy atom. The monoisotopic (exact) mass is 438 g/mol. The van der Waals surface area contributed by atoms with Crippen molar-refractivity contribution in [2.45, 2.75) is 50.9 Å². The summed E-state index contributed by atoms with van der Waals surface area (Å²) in [7, 11) is 0. The molecule has 2 N–H and O–H groups in total. The van der Waals surface area contributed by atoms with Gasteiger partial charge in [-0.15, -0.1) is 0 Å². The number of amides is 2. The molecule has 0 bridgehead atoms. The molecule has 2 aliphatic rings. The fraction of sp³-hybridized carbons (Fsp3) is 0.500. The van der Waals surface area contributed by atoms with Crippen molar-refractivity contribution in [1.29, 1.82) is 0 Å². The molecule has 0 aliphatic carbocycles. The molecule has 4 atom stereocenters. The topological polar surface area (TPSA) is 86.7 Å². The summed E-state index contributed by atoms with van der Waals surface area (Å²) in [5.74, 6) is -4.65. The molecule has 0 aromatic heterocycles. The second-order valence-electron chi connectivity index (χ2n) is 7.87. The highest BCUT2D eigenvalue weighted by Gasteiger charge is 2.60. The summed E-state index contributed by atoms with van der Waals surface area (Å²) in [6, 6.07) is 2.09. The summed E-state index contributed by atoms with van der Waals surface area (Å²) < 4.78 is 39.4. The average Bonchev–Trinajstić information content (AvgIpc) is 3.22. The molecule has 2 amide bonds. The van der Waals surface area contributed by atoms with E-state index in [9.17, 15) is 32.7 Å². The predicted molar refractivity (Wildman–Crippen MR) is 106 cm³/mol. The number of benzene rings is 1. The van der Waals surface area contributed by atoms with Gasteiger partial charge < -0.3 is 5.11 Å². The zero-order chi connectivity index (χ0) is 22.8. The minimum absolute atomic E-state index is 0.120. The third kappa shape index (κ3) is 4.66. The van der Waals surface area contributed by atoms with E-state index >= 15 is 0 Å². The number of carboxylic acids is 1. The molecule has 2 saturated heterocycles. The number of fused-ring (bicyclic) bond motifs is 1. The smallest absolute Gasteiger partial charge is 0.416 e. The molecule has 1 aromatic rings. The zero-order valence-electron chi connectivity index (χ0n) is 17.1. The Morgan fingerprint density at radius 3 is 2.48 bits per heavy atom. The van der Waals surface area contributed by atoms with Crippen LogP contribution in [-0.4, -0.2) is 40.4 Å². The SMILES string of the molecule is CCCC/C=C/CCN1C(=O)C2C(C(=O)O)NC(c3cccc(C(F)(F)F)c3)C2C1=O. The number of imide groups is 1. The Kier molecular flexibility index (Phi) is 6.83. The number of unbranched alkanes of at least 4 members (excludes halogenated alkanes) is 2. The van der Waals surface area contributed by atoms with Gasteiger partial charge in [-0.3, -0.25) is 24.6 Å². The number of carboxylic acid groups (broad SMARTS) is 1. The summed E-state index contributed by atoms with van der Waals surface area (Å²) in [5, 5.41) is 12.3. The van der Waals surface area contributed by atoms with Gasteiger partial charge in [0.1, 0.15) is 6.04 Å². The minimum atomic E-state index is -4.58. The van der Waals surface area contributed by atoms with Gasteiger partial charge in [0.25, 0.3) is 0 Å². The number of carbonyl (C=O) groups excluding carboxylic acids is 2. The Labute approximate surface area is 178 Å². The van der Waals surface area contributed by atoms with Crippen LogP contribution in [-0.2, 0) is 20.6 Å². The lowest BCUT2D eigenvalue weighted by molar-refractivity contribution is -0.146. The van der Waals surface area contributed by atoms with Crippen LogP contribution in [0, 0.1) is 11.8 Å². The standard InChI is InChI=1S/C22H25F3N2O4/c1-2-3-4-5-6-7-11-27-19(28)15-16(20(27)29)18(21(30)31)26-17(15)13-9-8-10-14(12-13)22(23,24)25/h5-6,8-10,12,15-18,26H,2-4,7,11H2,1H3,(H,30,31)/b6-5+. The van der Waals surface area contributed by atoms with Gasteiger partial charge in [-0.05, 0) is 30.5 Å². The maximum absolute atomic E-state index is 13.1. The van der Waals surface area contributed by atoms with E-state index in [1.807, 2.05) is 12.2 Å². The maximum Gasteiger partial charge on any atom is 0.416 e. The Bertz CT molecular complexity index is 884. The van der Waals surface area contributed by atoms with Crippen LogP contribution in [0.15, 0.2) is 36.4 Å². The normalized spacial score (nSPS) is 26.1. The van der Waals surface area contributed by atoms with Gasteiger partial charge in [-0.25, -0.2) is 0 Å². The zero-order valence-corrected chi connectivity index (χ0v) is 17.1. The number of carbonyl (C=O) groups is 3. The number of hydrogen-bond acceptors (Lipinski definition) is 4. The predicted octanol–water partition coefficient (Wildman–Crippen LogP) is 3.54. The van der Waals surface area contributed by atoms with Gasteiger partial charge in [0.15, 0.2) is 0 Å². The number of rotatable bonds is 8. The molecule has 0 radical (unpaired) electrons. The van der Waals surface area contributed by atoms with Crippen LogP contribution in [0.5, 0.6) is 0 Å². The van der Waals surface area contributed by atoms with Crippen LogP contribution in [0.1, 0.15) is 49.8 Å². The van der Waals surface area contributed by atoms with E-state index in [1.165, 1.54) is 12.1 Å². The molecule has 6 nitrogen and oxygen atoms in total. The van der Waals surface area contributed by atoms with Crippen LogP contribution in [0.3, 0.4) is 0 Å². The maximum atomic E-state index is 13.1. The lowest BCUT2D eigenvalue weighted by atomic mass is 9.86. The van der Waals surface area contributed by atoms with Crippen molar-refractivity contribution in [3.63, 3.8) is 0 Å². The molecule has 0 spiro atoms. The average molecular weight is 438 g/mol. The second-order valence-corrected chi connectivity index (χ2v) is 7.87. The van der Waals surface area contributed by atoms with Gasteiger partial charge in [-0.2, -0.15) is 13.2 Å². The van der Waals surface area contributed by atoms with Crippen LogP contribution in [0.2, 0.25) is 0 Å². The number of halogens is 3. The van der Waals surface area contributed by atoms with Crippen molar-refractivity contribution >= 4 is 17.8 Å². The van der Waals surface area contributed by atoms with Gasteiger partial charge in [-0.1, -0.05) is 44.1 Å². The fourth-order valence-electron chi connectivity index (χ4n) is 4.29. The molecule has 2 heterocycles. The van der Waals surface area contributed by atoms with E-state index in [1.54, 1.807) is 0 Å². The molecule has 3 rings (SSSR count). The van der Waals surface area contributed by atoms with Crippen molar-refractivity contribution in [3.8, 4) is 0 Å². The second kappa shape index (κ2) is 9.21. The number of aliphatic carboxylic acids is 1. The summed E-state index contributed by atoms with van der Waals surface area (Å²) >= 11 is 0.